The summed E-state index contributed by atoms with van der Waals surface area (Å²) in [6.45, 7) is 7.89. The number of halogens is 1. The van der Waals surface area contributed by atoms with Gasteiger partial charge in [0.25, 0.3) is 0 Å². The third-order valence-corrected chi connectivity index (χ3v) is 3.05. The van der Waals surface area contributed by atoms with Crippen molar-refractivity contribution in [3.8, 4) is 0 Å². The number of hydrogen-bond acceptors (Lipinski definition) is 3. The number of nitrogens with zero attached hydrogens (tertiary/aromatic N) is 2. The van der Waals surface area contributed by atoms with E-state index in [1.54, 1.807) is 0 Å². The molecule has 0 radical (unpaired) electrons. The Morgan fingerprint density at radius 2 is 1.56 bits per heavy atom. The summed E-state index contributed by atoms with van der Waals surface area (Å²) in [6, 6.07) is 6.30. The van der Waals surface area contributed by atoms with Crippen LogP contribution in [0, 0.1) is 27.7 Å². The zero-order chi connectivity index (χ0) is 13.3. The zero-order valence-electron chi connectivity index (χ0n) is 11.0. The molecule has 3 nitrogen and oxygen atoms in total. The molecule has 0 fully saturated rings. The van der Waals surface area contributed by atoms with Gasteiger partial charge < -0.3 is 5.32 Å². The van der Waals surface area contributed by atoms with Crippen LogP contribution in [0.4, 0.5) is 11.5 Å². The van der Waals surface area contributed by atoms with Gasteiger partial charge in [-0.25, -0.2) is 9.97 Å². The van der Waals surface area contributed by atoms with E-state index in [9.17, 15) is 0 Å². The Hall–Kier alpha value is -1.61. The third-order valence-electron chi connectivity index (χ3n) is 2.68. The molecule has 0 saturated carbocycles. The minimum absolute atomic E-state index is 0.495. The van der Waals surface area contributed by atoms with E-state index in [1.165, 1.54) is 11.1 Å². The predicted octanol–water partition coefficient (Wildman–Crippen LogP) is 4.11. The van der Waals surface area contributed by atoms with E-state index in [2.05, 4.69) is 47.3 Å². The molecule has 94 valence electrons. The predicted molar refractivity (Wildman–Crippen MR) is 75.7 cm³/mol. The Bertz CT molecular complexity index is 574. The van der Waals surface area contributed by atoms with Crippen LogP contribution >= 0.6 is 11.6 Å². The average molecular weight is 262 g/mol. The van der Waals surface area contributed by atoms with Gasteiger partial charge in [0.1, 0.15) is 16.8 Å². The van der Waals surface area contributed by atoms with Crippen LogP contribution in [0.2, 0.25) is 5.15 Å². The lowest BCUT2D eigenvalue weighted by Crippen LogP contribution is -2.01. The molecule has 2 aromatic rings. The van der Waals surface area contributed by atoms with Crippen molar-refractivity contribution in [2.75, 3.05) is 5.32 Å². The Kier molecular flexibility index (Phi) is 3.53. The largest absolute Gasteiger partial charge is 0.340 e. The minimum atomic E-state index is 0.495. The van der Waals surface area contributed by atoms with Crippen LogP contribution in [0.15, 0.2) is 18.2 Å². The summed E-state index contributed by atoms with van der Waals surface area (Å²) < 4.78 is 0. The van der Waals surface area contributed by atoms with Gasteiger partial charge in [-0.1, -0.05) is 17.7 Å². The summed E-state index contributed by atoms with van der Waals surface area (Å²) >= 11 is 6.06. The van der Waals surface area contributed by atoms with Crippen molar-refractivity contribution >= 4 is 23.1 Å². The lowest BCUT2D eigenvalue weighted by atomic mass is 10.1. The molecule has 1 aromatic carbocycles. The second-order valence-corrected chi connectivity index (χ2v) is 4.89. The van der Waals surface area contributed by atoms with Crippen molar-refractivity contribution in [2.45, 2.75) is 27.7 Å². The molecule has 0 aliphatic carbocycles. The fourth-order valence-electron chi connectivity index (χ4n) is 1.90. The van der Waals surface area contributed by atoms with E-state index in [0.29, 0.717) is 11.0 Å². The maximum Gasteiger partial charge on any atom is 0.138 e. The van der Waals surface area contributed by atoms with Crippen LogP contribution in [0.25, 0.3) is 0 Å². The van der Waals surface area contributed by atoms with Crippen molar-refractivity contribution < 1.29 is 0 Å². The topological polar surface area (TPSA) is 37.8 Å². The first-order valence-corrected chi connectivity index (χ1v) is 6.19. The molecular weight excluding hydrogens is 246 g/mol. The number of nitrogens with one attached hydrogen (secondary N) is 1. The summed E-state index contributed by atoms with van der Waals surface area (Å²) in [4.78, 5) is 8.51. The highest BCUT2D eigenvalue weighted by molar-refractivity contribution is 6.30. The molecule has 0 aliphatic rings. The monoisotopic (exact) mass is 261 g/mol. The summed E-state index contributed by atoms with van der Waals surface area (Å²) in [5.41, 5.74) is 4.31. The average Bonchev–Trinajstić information content (AvgIpc) is 2.23. The SMILES string of the molecule is Cc1cc(C)cc(Nc2nc(C)nc(Cl)c2C)c1. The van der Waals surface area contributed by atoms with Crippen LogP contribution in [0.5, 0.6) is 0 Å². The van der Waals surface area contributed by atoms with Crippen molar-refractivity contribution in [1.29, 1.82) is 0 Å². The van der Waals surface area contributed by atoms with Gasteiger partial charge in [0.2, 0.25) is 0 Å². The normalized spacial score (nSPS) is 10.5. The maximum absolute atomic E-state index is 6.06. The van der Waals surface area contributed by atoms with Crippen LogP contribution in [-0.4, -0.2) is 9.97 Å². The molecule has 1 heterocycles. The number of hydrogen-bond donors (Lipinski definition) is 1. The Morgan fingerprint density at radius 3 is 2.17 bits per heavy atom. The van der Waals surface area contributed by atoms with Gasteiger partial charge >= 0.3 is 0 Å². The van der Waals surface area contributed by atoms with Gasteiger partial charge in [0.15, 0.2) is 0 Å². The van der Waals surface area contributed by atoms with Crippen molar-refractivity contribution in [3.63, 3.8) is 0 Å². The van der Waals surface area contributed by atoms with Crippen molar-refractivity contribution in [2.24, 2.45) is 0 Å². The fourth-order valence-corrected chi connectivity index (χ4v) is 2.11. The summed E-state index contributed by atoms with van der Waals surface area (Å²) in [5.74, 6) is 1.43. The van der Waals surface area contributed by atoms with Crippen LogP contribution < -0.4 is 5.32 Å². The molecule has 1 N–H and O–H groups in total. The molecule has 0 unspecified atom stereocenters. The van der Waals surface area contributed by atoms with Gasteiger partial charge in [-0.05, 0) is 51.0 Å². The highest BCUT2D eigenvalue weighted by Crippen LogP contribution is 2.24. The Morgan fingerprint density at radius 1 is 0.944 bits per heavy atom. The Labute approximate surface area is 112 Å². The molecule has 0 spiro atoms. The van der Waals surface area contributed by atoms with Gasteiger partial charge in [-0.3, -0.25) is 0 Å². The van der Waals surface area contributed by atoms with Crippen LogP contribution in [-0.2, 0) is 0 Å². The van der Waals surface area contributed by atoms with Gasteiger partial charge in [-0.2, -0.15) is 0 Å². The molecule has 0 bridgehead atoms. The summed E-state index contributed by atoms with van der Waals surface area (Å²) in [7, 11) is 0. The first-order valence-electron chi connectivity index (χ1n) is 5.82. The minimum Gasteiger partial charge on any atom is -0.340 e. The van der Waals surface area contributed by atoms with E-state index >= 15 is 0 Å². The highest BCUT2D eigenvalue weighted by atomic mass is 35.5. The van der Waals surface area contributed by atoms with E-state index in [4.69, 9.17) is 11.6 Å². The zero-order valence-corrected chi connectivity index (χ0v) is 11.8. The van der Waals surface area contributed by atoms with E-state index in [1.807, 2.05) is 13.8 Å². The molecule has 0 atom stereocenters. The number of aryl methyl sites for hydroxylation is 3. The standard InChI is InChI=1S/C14H16ClN3/c1-8-5-9(2)7-12(6-8)18-14-10(3)13(15)16-11(4)17-14/h5-7H,1-4H3,(H,16,17,18). The maximum atomic E-state index is 6.06. The summed E-state index contributed by atoms with van der Waals surface area (Å²) in [6.07, 6.45) is 0. The molecule has 2 rings (SSSR count). The number of anilines is 2. The van der Waals surface area contributed by atoms with Gasteiger partial charge in [0.05, 0.1) is 0 Å². The number of benzene rings is 1. The first kappa shape index (κ1) is 12.8. The number of aromatic nitrogens is 2. The fraction of sp³-hybridized carbons (Fsp3) is 0.286. The smallest absolute Gasteiger partial charge is 0.138 e. The van der Waals surface area contributed by atoms with Crippen LogP contribution in [0.3, 0.4) is 0 Å². The molecular formula is C14H16ClN3. The second-order valence-electron chi connectivity index (χ2n) is 4.54. The van der Waals surface area contributed by atoms with Crippen LogP contribution in [0.1, 0.15) is 22.5 Å². The van der Waals surface area contributed by atoms with Crippen molar-refractivity contribution in [3.05, 3.63) is 45.9 Å². The highest BCUT2D eigenvalue weighted by Gasteiger charge is 2.07. The van der Waals surface area contributed by atoms with E-state index < -0.39 is 0 Å². The van der Waals surface area contributed by atoms with Crippen molar-refractivity contribution in [1.82, 2.24) is 9.97 Å². The lowest BCUT2D eigenvalue weighted by molar-refractivity contribution is 1.04. The third kappa shape index (κ3) is 2.79. The summed E-state index contributed by atoms with van der Waals surface area (Å²) in [5, 5.41) is 3.79. The first-order chi connectivity index (χ1) is 8.45. The van der Waals surface area contributed by atoms with Gasteiger partial charge in [-0.15, -0.1) is 0 Å². The molecule has 4 heteroatoms. The molecule has 18 heavy (non-hydrogen) atoms. The molecule has 0 saturated heterocycles. The lowest BCUT2D eigenvalue weighted by Gasteiger charge is -2.11. The quantitative estimate of drug-likeness (QED) is 0.827. The van der Waals surface area contributed by atoms with E-state index in [-0.39, 0.29) is 0 Å². The number of rotatable bonds is 2. The molecule has 0 aliphatic heterocycles. The van der Waals surface area contributed by atoms with Gasteiger partial charge in [0, 0.05) is 11.3 Å². The Balaban J connectivity index is 2.39. The molecule has 0 amide bonds. The molecule has 1 aromatic heterocycles. The van der Waals surface area contributed by atoms with E-state index in [0.717, 1.165) is 17.1 Å². The second kappa shape index (κ2) is 4.94.